The number of ether oxygens (including phenoxy) is 2. The summed E-state index contributed by atoms with van der Waals surface area (Å²) in [5.41, 5.74) is 2.26. The summed E-state index contributed by atoms with van der Waals surface area (Å²) in [6.07, 6.45) is 0. The number of rotatable bonds is 7. The maximum Gasteiger partial charge on any atom is 0.271 e. The van der Waals surface area contributed by atoms with Gasteiger partial charge < -0.3 is 20.1 Å². The third kappa shape index (κ3) is 4.77. The second-order valence-electron chi connectivity index (χ2n) is 5.86. The topological polar surface area (TPSA) is 72.5 Å². The van der Waals surface area contributed by atoms with Crippen LogP contribution >= 0.6 is 11.3 Å². The Morgan fingerprint density at radius 3 is 2.19 bits per heavy atom. The molecule has 0 aliphatic heterocycles. The molecule has 2 N–H and O–H groups in total. The second-order valence-corrected chi connectivity index (χ2v) is 6.72. The number of hydrogen-bond acceptors (Lipinski definition) is 6. The van der Waals surface area contributed by atoms with E-state index in [4.69, 9.17) is 9.47 Å². The van der Waals surface area contributed by atoms with E-state index in [9.17, 15) is 4.79 Å². The molecule has 6 nitrogen and oxygen atoms in total. The van der Waals surface area contributed by atoms with Crippen molar-refractivity contribution in [3.8, 4) is 11.5 Å². The normalized spacial score (nSPS) is 11.5. The molecular weight excluding hydrogens is 362 g/mol. The molecule has 27 heavy (non-hydrogen) atoms. The van der Waals surface area contributed by atoms with Crippen molar-refractivity contribution in [3.63, 3.8) is 0 Å². The van der Waals surface area contributed by atoms with E-state index >= 15 is 0 Å². The summed E-state index contributed by atoms with van der Waals surface area (Å²) < 4.78 is 10.3. The van der Waals surface area contributed by atoms with Gasteiger partial charge in [0.25, 0.3) is 5.91 Å². The largest absolute Gasteiger partial charge is 0.497 e. The van der Waals surface area contributed by atoms with Crippen LogP contribution in [-0.2, 0) is 0 Å². The summed E-state index contributed by atoms with van der Waals surface area (Å²) in [5, 5.41) is 8.54. The van der Waals surface area contributed by atoms with E-state index in [2.05, 4.69) is 15.6 Å². The number of anilines is 2. The smallest absolute Gasteiger partial charge is 0.271 e. The van der Waals surface area contributed by atoms with Crippen LogP contribution in [0.25, 0.3) is 0 Å². The predicted molar refractivity (Wildman–Crippen MR) is 107 cm³/mol. The molecule has 0 fully saturated rings. The highest BCUT2D eigenvalue weighted by Gasteiger charge is 2.15. The van der Waals surface area contributed by atoms with Crippen molar-refractivity contribution >= 4 is 28.1 Å². The van der Waals surface area contributed by atoms with Gasteiger partial charge in [-0.1, -0.05) is 12.1 Å². The van der Waals surface area contributed by atoms with Crippen molar-refractivity contribution in [1.82, 2.24) is 10.3 Å². The average molecular weight is 383 g/mol. The Labute approximate surface area is 162 Å². The Bertz CT molecular complexity index is 892. The summed E-state index contributed by atoms with van der Waals surface area (Å²) in [7, 11) is 3.25. The van der Waals surface area contributed by atoms with E-state index in [0.29, 0.717) is 10.8 Å². The first kappa shape index (κ1) is 18.7. The first-order chi connectivity index (χ1) is 13.1. The van der Waals surface area contributed by atoms with E-state index in [1.54, 1.807) is 19.6 Å². The molecule has 0 aliphatic carbocycles. The Hall–Kier alpha value is -3.06. The van der Waals surface area contributed by atoms with Crippen LogP contribution < -0.4 is 20.1 Å². The van der Waals surface area contributed by atoms with Crippen molar-refractivity contribution in [2.24, 2.45) is 0 Å². The summed E-state index contributed by atoms with van der Waals surface area (Å²) in [4.78, 5) is 16.8. The summed E-state index contributed by atoms with van der Waals surface area (Å²) in [6.45, 7) is 1.93. The van der Waals surface area contributed by atoms with Crippen LogP contribution in [0.3, 0.4) is 0 Å². The number of carbonyl (C=O) groups excluding carboxylic acids is 1. The molecule has 1 atom stereocenters. The molecule has 1 heterocycles. The highest BCUT2D eigenvalue weighted by Crippen LogP contribution is 2.23. The Balaban J connectivity index is 1.61. The summed E-state index contributed by atoms with van der Waals surface area (Å²) >= 11 is 1.38. The van der Waals surface area contributed by atoms with Crippen LogP contribution in [0.5, 0.6) is 11.5 Å². The molecule has 0 saturated heterocycles. The molecule has 1 unspecified atom stereocenters. The van der Waals surface area contributed by atoms with Gasteiger partial charge in [0, 0.05) is 11.1 Å². The van der Waals surface area contributed by atoms with Crippen LogP contribution in [0, 0.1) is 0 Å². The zero-order chi connectivity index (χ0) is 19.2. The molecule has 1 aromatic heterocycles. The Kier molecular flexibility index (Phi) is 5.93. The molecular formula is C20H21N3O3S. The van der Waals surface area contributed by atoms with E-state index < -0.39 is 0 Å². The number of nitrogens with zero attached hydrogens (tertiary/aromatic N) is 1. The van der Waals surface area contributed by atoms with Crippen LogP contribution in [0.4, 0.5) is 10.8 Å². The first-order valence-electron chi connectivity index (χ1n) is 8.40. The second kappa shape index (κ2) is 8.55. The zero-order valence-electron chi connectivity index (χ0n) is 15.4. The molecule has 1 amide bonds. The third-order valence-electron chi connectivity index (χ3n) is 4.04. The quantitative estimate of drug-likeness (QED) is 0.633. The van der Waals surface area contributed by atoms with Gasteiger partial charge in [-0.05, 0) is 48.9 Å². The van der Waals surface area contributed by atoms with Gasteiger partial charge in [0.1, 0.15) is 17.2 Å². The maximum atomic E-state index is 12.5. The predicted octanol–water partition coefficient (Wildman–Crippen LogP) is 4.39. The molecule has 0 spiro atoms. The standard InChI is InChI=1S/C20H21N3O3S/c1-13(14-4-8-16(25-2)9-5-14)21-19(24)18-12-27-20(23-18)22-15-6-10-17(26-3)11-7-15/h4-13H,1-3H3,(H,21,24)(H,22,23). The molecule has 0 bridgehead atoms. The lowest BCUT2D eigenvalue weighted by atomic mass is 10.1. The minimum absolute atomic E-state index is 0.136. The van der Waals surface area contributed by atoms with Gasteiger partial charge in [-0.25, -0.2) is 4.98 Å². The van der Waals surface area contributed by atoms with Crippen LogP contribution in [0.1, 0.15) is 29.0 Å². The molecule has 7 heteroatoms. The zero-order valence-corrected chi connectivity index (χ0v) is 16.2. The van der Waals surface area contributed by atoms with E-state index in [1.807, 2.05) is 55.5 Å². The minimum Gasteiger partial charge on any atom is -0.497 e. The van der Waals surface area contributed by atoms with Gasteiger partial charge in [-0.3, -0.25) is 4.79 Å². The van der Waals surface area contributed by atoms with Gasteiger partial charge >= 0.3 is 0 Å². The monoisotopic (exact) mass is 383 g/mol. The van der Waals surface area contributed by atoms with Crippen LogP contribution in [0.15, 0.2) is 53.9 Å². The number of benzene rings is 2. The van der Waals surface area contributed by atoms with Gasteiger partial charge in [0.2, 0.25) is 0 Å². The van der Waals surface area contributed by atoms with Crippen LogP contribution in [-0.4, -0.2) is 25.1 Å². The van der Waals surface area contributed by atoms with Gasteiger partial charge in [0.15, 0.2) is 5.13 Å². The number of amides is 1. The minimum atomic E-state index is -0.211. The Morgan fingerprint density at radius 1 is 1.00 bits per heavy atom. The lowest BCUT2D eigenvalue weighted by Gasteiger charge is -2.14. The summed E-state index contributed by atoms with van der Waals surface area (Å²) in [6, 6.07) is 15.0. The average Bonchev–Trinajstić information content (AvgIpc) is 3.17. The van der Waals surface area contributed by atoms with Crippen molar-refractivity contribution in [3.05, 3.63) is 65.2 Å². The molecule has 0 aliphatic rings. The molecule has 140 valence electrons. The molecule has 0 saturated carbocycles. The van der Waals surface area contributed by atoms with Crippen molar-refractivity contribution in [1.29, 1.82) is 0 Å². The fourth-order valence-corrected chi connectivity index (χ4v) is 3.19. The number of carbonyl (C=O) groups is 1. The van der Waals surface area contributed by atoms with Crippen molar-refractivity contribution in [2.75, 3.05) is 19.5 Å². The number of hydrogen-bond donors (Lipinski definition) is 2. The highest BCUT2D eigenvalue weighted by atomic mass is 32.1. The number of thiazole rings is 1. The number of nitrogens with one attached hydrogen (secondary N) is 2. The van der Waals surface area contributed by atoms with E-state index in [1.165, 1.54) is 11.3 Å². The van der Waals surface area contributed by atoms with E-state index in [-0.39, 0.29) is 11.9 Å². The SMILES string of the molecule is COc1ccc(Nc2nc(C(=O)NC(C)c3ccc(OC)cc3)cs2)cc1. The molecule has 0 radical (unpaired) electrons. The molecule has 3 aromatic rings. The van der Waals surface area contributed by atoms with Crippen molar-refractivity contribution in [2.45, 2.75) is 13.0 Å². The number of aromatic nitrogens is 1. The maximum absolute atomic E-state index is 12.5. The fourth-order valence-electron chi connectivity index (χ4n) is 2.48. The first-order valence-corrected chi connectivity index (χ1v) is 9.28. The van der Waals surface area contributed by atoms with Gasteiger partial charge in [-0.15, -0.1) is 11.3 Å². The third-order valence-corrected chi connectivity index (χ3v) is 4.80. The lowest BCUT2D eigenvalue weighted by Crippen LogP contribution is -2.26. The number of methoxy groups -OCH3 is 2. The van der Waals surface area contributed by atoms with Crippen LogP contribution in [0.2, 0.25) is 0 Å². The fraction of sp³-hybridized carbons (Fsp3) is 0.200. The summed E-state index contributed by atoms with van der Waals surface area (Å²) in [5.74, 6) is 1.36. The van der Waals surface area contributed by atoms with Gasteiger partial charge in [0.05, 0.1) is 20.3 Å². The van der Waals surface area contributed by atoms with E-state index in [0.717, 1.165) is 22.7 Å². The molecule has 3 rings (SSSR count). The lowest BCUT2D eigenvalue weighted by molar-refractivity contribution is 0.0935. The van der Waals surface area contributed by atoms with Gasteiger partial charge in [-0.2, -0.15) is 0 Å². The molecule has 2 aromatic carbocycles. The van der Waals surface area contributed by atoms with Crippen molar-refractivity contribution < 1.29 is 14.3 Å². The highest BCUT2D eigenvalue weighted by molar-refractivity contribution is 7.14. The Morgan fingerprint density at radius 2 is 1.59 bits per heavy atom.